The minimum absolute atomic E-state index is 0.886. The van der Waals surface area contributed by atoms with Gasteiger partial charge in [-0.05, 0) is 12.1 Å². The molecule has 0 bridgehead atoms. The Morgan fingerprint density at radius 2 is 1.21 bits per heavy atom. The van der Waals surface area contributed by atoms with Gasteiger partial charge in [0.05, 0.1) is 0 Å². The molecule has 4 rings (SSSR count). The molecule has 24 heavy (non-hydrogen) atoms. The monoisotopic (exact) mass is 318 g/mol. The van der Waals surface area contributed by atoms with Crippen LogP contribution in [0.5, 0.6) is 0 Å². The van der Waals surface area contributed by atoms with E-state index in [0.29, 0.717) is 0 Å². The average Bonchev–Trinajstić information content (AvgIpc) is 3.31. The molecule has 6 nitrogen and oxygen atoms in total. The number of nitrogens with zero attached hydrogens (tertiary/aromatic N) is 6. The Balaban J connectivity index is 1.43. The lowest BCUT2D eigenvalue weighted by Crippen LogP contribution is -2.42. The summed E-state index contributed by atoms with van der Waals surface area (Å²) in [7, 11) is 0. The van der Waals surface area contributed by atoms with Crippen LogP contribution in [0.2, 0.25) is 0 Å². The van der Waals surface area contributed by atoms with E-state index in [2.05, 4.69) is 44.2 Å². The maximum Gasteiger partial charge on any atom is 0.250 e. The zero-order valence-electron chi connectivity index (χ0n) is 13.2. The third-order valence-corrected chi connectivity index (χ3v) is 3.83. The molecule has 0 aliphatic rings. The number of hydrogen-bond donors (Lipinski definition) is 0. The molecule has 0 N–H and O–H groups in total. The van der Waals surface area contributed by atoms with Crippen LogP contribution in [-0.4, -0.2) is 19.1 Å². The Kier molecular flexibility index (Phi) is 3.85. The first-order valence-electron chi connectivity index (χ1n) is 7.85. The highest BCUT2D eigenvalue weighted by Gasteiger charge is 2.10. The maximum absolute atomic E-state index is 4.35. The van der Waals surface area contributed by atoms with Gasteiger partial charge in [-0.3, -0.25) is 0 Å². The first-order valence-corrected chi connectivity index (χ1v) is 7.85. The summed E-state index contributed by atoms with van der Waals surface area (Å²) in [6.45, 7) is 1.77. The Hall–Kier alpha value is -3.28. The van der Waals surface area contributed by atoms with Crippen LogP contribution < -0.4 is 9.13 Å². The van der Waals surface area contributed by atoms with Crippen molar-refractivity contribution in [2.24, 2.45) is 0 Å². The SMILES string of the molecule is c1ccc(-n2cc[n+](CC[n+]3ccn(-c4ccccn4)c3)c2)nc1. The number of pyridine rings is 2. The summed E-state index contributed by atoms with van der Waals surface area (Å²) in [6.07, 6.45) is 15.9. The minimum Gasteiger partial charge on any atom is -0.232 e. The summed E-state index contributed by atoms with van der Waals surface area (Å²) < 4.78 is 8.34. The summed E-state index contributed by atoms with van der Waals surface area (Å²) in [5.41, 5.74) is 0. The number of aromatic nitrogens is 6. The molecule has 0 radical (unpaired) electrons. The third kappa shape index (κ3) is 3.08. The number of aryl methyl sites for hydroxylation is 2. The van der Waals surface area contributed by atoms with Crippen molar-refractivity contribution in [1.82, 2.24) is 19.1 Å². The molecule has 6 heteroatoms. The van der Waals surface area contributed by atoms with Crippen LogP contribution in [-0.2, 0) is 13.1 Å². The van der Waals surface area contributed by atoms with Crippen LogP contribution in [0.25, 0.3) is 11.6 Å². The number of rotatable bonds is 5. The molecule has 0 aliphatic carbocycles. The third-order valence-electron chi connectivity index (χ3n) is 3.83. The van der Waals surface area contributed by atoms with Crippen LogP contribution in [0.4, 0.5) is 0 Å². The van der Waals surface area contributed by atoms with E-state index in [1.165, 1.54) is 0 Å². The highest BCUT2D eigenvalue weighted by molar-refractivity contribution is 5.20. The molecule has 4 aromatic heterocycles. The molecule has 0 fully saturated rings. The molecule has 0 unspecified atom stereocenters. The van der Waals surface area contributed by atoms with Crippen molar-refractivity contribution in [2.45, 2.75) is 13.1 Å². The van der Waals surface area contributed by atoms with E-state index in [-0.39, 0.29) is 0 Å². The molecular formula is C18H18N6+2. The zero-order chi connectivity index (χ0) is 16.2. The maximum atomic E-state index is 4.35. The van der Waals surface area contributed by atoms with Crippen molar-refractivity contribution in [3.05, 3.63) is 86.2 Å². The summed E-state index contributed by atoms with van der Waals surface area (Å²) in [6, 6.07) is 11.8. The van der Waals surface area contributed by atoms with Crippen molar-refractivity contribution in [3.63, 3.8) is 0 Å². The fourth-order valence-electron chi connectivity index (χ4n) is 2.57. The van der Waals surface area contributed by atoms with Gasteiger partial charge in [0.2, 0.25) is 24.3 Å². The lowest BCUT2D eigenvalue weighted by Gasteiger charge is -1.95. The van der Waals surface area contributed by atoms with Gasteiger partial charge < -0.3 is 0 Å². The van der Waals surface area contributed by atoms with E-state index in [4.69, 9.17) is 0 Å². The highest BCUT2D eigenvalue weighted by atomic mass is 15.2. The van der Waals surface area contributed by atoms with Gasteiger partial charge in [-0.2, -0.15) is 9.13 Å². The van der Waals surface area contributed by atoms with E-state index in [1.807, 2.05) is 57.9 Å². The van der Waals surface area contributed by atoms with E-state index >= 15 is 0 Å². The van der Waals surface area contributed by atoms with Gasteiger partial charge in [0.1, 0.15) is 37.9 Å². The molecule has 4 heterocycles. The van der Waals surface area contributed by atoms with Gasteiger partial charge in [-0.1, -0.05) is 12.1 Å². The molecule has 0 saturated carbocycles. The molecule has 0 amide bonds. The summed E-state index contributed by atoms with van der Waals surface area (Å²) >= 11 is 0. The van der Waals surface area contributed by atoms with E-state index in [1.54, 1.807) is 12.4 Å². The molecule has 118 valence electrons. The van der Waals surface area contributed by atoms with Gasteiger partial charge >= 0.3 is 0 Å². The second-order valence-electron chi connectivity index (χ2n) is 5.49. The summed E-state index contributed by atoms with van der Waals surface area (Å²) in [4.78, 5) is 8.70. The van der Waals surface area contributed by atoms with Gasteiger partial charge in [0.25, 0.3) is 0 Å². The second-order valence-corrected chi connectivity index (χ2v) is 5.49. The van der Waals surface area contributed by atoms with E-state index in [0.717, 1.165) is 24.7 Å². The van der Waals surface area contributed by atoms with Gasteiger partial charge in [0, 0.05) is 24.5 Å². The molecule has 4 aromatic rings. The Morgan fingerprint density at radius 3 is 1.62 bits per heavy atom. The first-order chi connectivity index (χ1) is 11.9. The summed E-state index contributed by atoms with van der Waals surface area (Å²) in [5.74, 6) is 1.84. The Bertz CT molecular complexity index is 833. The Morgan fingerprint density at radius 1 is 0.708 bits per heavy atom. The Labute approximate surface area is 139 Å². The van der Waals surface area contributed by atoms with Gasteiger partial charge in [-0.15, -0.1) is 0 Å². The van der Waals surface area contributed by atoms with Gasteiger partial charge in [0.15, 0.2) is 0 Å². The molecule has 0 atom stereocenters. The number of imidazole rings is 2. The van der Waals surface area contributed by atoms with Crippen molar-refractivity contribution in [1.29, 1.82) is 0 Å². The molecular weight excluding hydrogens is 300 g/mol. The quantitative estimate of drug-likeness (QED) is 0.521. The lowest BCUT2D eigenvalue weighted by atomic mass is 10.5. The predicted molar refractivity (Wildman–Crippen MR) is 87.5 cm³/mol. The zero-order valence-corrected chi connectivity index (χ0v) is 13.2. The topological polar surface area (TPSA) is 43.4 Å². The number of hydrogen-bond acceptors (Lipinski definition) is 2. The van der Waals surface area contributed by atoms with Crippen LogP contribution in [0.15, 0.2) is 86.2 Å². The van der Waals surface area contributed by atoms with E-state index in [9.17, 15) is 0 Å². The highest BCUT2D eigenvalue weighted by Crippen LogP contribution is 2.01. The van der Waals surface area contributed by atoms with Crippen molar-refractivity contribution in [2.75, 3.05) is 0 Å². The molecule has 0 aliphatic heterocycles. The van der Waals surface area contributed by atoms with Crippen molar-refractivity contribution >= 4 is 0 Å². The fraction of sp³-hybridized carbons (Fsp3) is 0.111. The predicted octanol–water partition coefficient (Wildman–Crippen LogP) is 1.33. The largest absolute Gasteiger partial charge is 0.250 e. The van der Waals surface area contributed by atoms with Crippen LogP contribution in [0.1, 0.15) is 0 Å². The fourth-order valence-corrected chi connectivity index (χ4v) is 2.57. The van der Waals surface area contributed by atoms with E-state index < -0.39 is 0 Å². The van der Waals surface area contributed by atoms with Crippen molar-refractivity contribution < 1.29 is 9.13 Å². The average molecular weight is 318 g/mol. The normalized spacial score (nSPS) is 10.8. The van der Waals surface area contributed by atoms with Crippen LogP contribution in [0, 0.1) is 0 Å². The first kappa shape index (κ1) is 14.3. The van der Waals surface area contributed by atoms with Crippen molar-refractivity contribution in [3.8, 4) is 11.6 Å². The van der Waals surface area contributed by atoms with Gasteiger partial charge in [-0.25, -0.2) is 19.1 Å². The van der Waals surface area contributed by atoms with Crippen LogP contribution >= 0.6 is 0 Å². The standard InChI is InChI=1S/C18H18N6/c1-3-7-19-17(5-1)23-13-11-21(15-23)9-10-22-12-14-24(16-22)18-6-2-4-8-20-18/h1-8,11-16H,9-10H2/q+2. The second kappa shape index (κ2) is 6.45. The molecule has 0 saturated heterocycles. The minimum atomic E-state index is 0.886. The molecule has 0 spiro atoms. The summed E-state index contributed by atoms with van der Waals surface area (Å²) in [5, 5.41) is 0. The molecule has 0 aromatic carbocycles. The van der Waals surface area contributed by atoms with Crippen LogP contribution in [0.3, 0.4) is 0 Å². The smallest absolute Gasteiger partial charge is 0.232 e. The lowest BCUT2D eigenvalue weighted by molar-refractivity contribution is -0.777.